The second-order valence-electron chi connectivity index (χ2n) is 6.21. The van der Waals surface area contributed by atoms with Gasteiger partial charge in [-0.3, -0.25) is 4.98 Å². The number of aromatic nitrogens is 3. The van der Waals surface area contributed by atoms with E-state index in [1.807, 2.05) is 49.6 Å². The van der Waals surface area contributed by atoms with E-state index in [1.165, 1.54) is 11.1 Å². The van der Waals surface area contributed by atoms with Crippen molar-refractivity contribution in [3.8, 4) is 0 Å². The molecule has 1 N–H and O–H groups in total. The molecule has 0 spiro atoms. The van der Waals surface area contributed by atoms with Gasteiger partial charge in [-0.2, -0.15) is 4.98 Å². The van der Waals surface area contributed by atoms with Crippen molar-refractivity contribution in [3.63, 3.8) is 0 Å². The van der Waals surface area contributed by atoms with Crippen LogP contribution >= 0.6 is 0 Å². The van der Waals surface area contributed by atoms with E-state index < -0.39 is 0 Å². The Kier molecular flexibility index (Phi) is 5.23. The van der Waals surface area contributed by atoms with Gasteiger partial charge in [0.15, 0.2) is 0 Å². The van der Waals surface area contributed by atoms with E-state index in [9.17, 15) is 0 Å². The van der Waals surface area contributed by atoms with Gasteiger partial charge in [-0.1, -0.05) is 17.7 Å². The molecule has 0 aliphatic heterocycles. The third kappa shape index (κ3) is 4.76. The maximum absolute atomic E-state index is 4.65. The van der Waals surface area contributed by atoms with E-state index in [4.69, 9.17) is 0 Å². The number of anilines is 3. The molecular weight excluding hydrogens is 310 g/mol. The molecule has 5 nitrogen and oxygen atoms in total. The number of benzene rings is 1. The van der Waals surface area contributed by atoms with Crippen LogP contribution in [0.25, 0.3) is 0 Å². The van der Waals surface area contributed by atoms with E-state index in [0.717, 1.165) is 30.2 Å². The summed E-state index contributed by atoms with van der Waals surface area (Å²) in [5.41, 5.74) is 4.43. The smallest absolute Gasteiger partial charge is 0.229 e. The molecule has 0 radical (unpaired) electrons. The van der Waals surface area contributed by atoms with Gasteiger partial charge in [-0.15, -0.1) is 0 Å². The Bertz CT molecular complexity index is 815. The van der Waals surface area contributed by atoms with Crippen LogP contribution in [0.3, 0.4) is 0 Å². The minimum Gasteiger partial charge on any atom is -0.359 e. The summed E-state index contributed by atoms with van der Waals surface area (Å²) in [5, 5.41) is 3.28. The number of nitrogens with one attached hydrogen (secondary N) is 1. The predicted octanol–water partition coefficient (Wildman–Crippen LogP) is 3.91. The van der Waals surface area contributed by atoms with Crippen LogP contribution in [-0.2, 0) is 6.42 Å². The Labute approximate surface area is 148 Å². The molecule has 1 aromatic carbocycles. The molecule has 0 amide bonds. The normalized spacial score (nSPS) is 10.5. The van der Waals surface area contributed by atoms with Crippen LogP contribution in [0.4, 0.5) is 17.5 Å². The van der Waals surface area contributed by atoms with Crippen LogP contribution in [0.15, 0.2) is 54.9 Å². The van der Waals surface area contributed by atoms with Gasteiger partial charge in [-0.25, -0.2) is 4.98 Å². The first kappa shape index (κ1) is 16.9. The largest absolute Gasteiger partial charge is 0.359 e. The Morgan fingerprint density at radius 1 is 0.960 bits per heavy atom. The lowest BCUT2D eigenvalue weighted by Crippen LogP contribution is -2.22. The Balaban J connectivity index is 1.70. The van der Waals surface area contributed by atoms with E-state index in [-0.39, 0.29) is 0 Å². The van der Waals surface area contributed by atoms with E-state index in [0.29, 0.717) is 5.95 Å². The van der Waals surface area contributed by atoms with Crippen molar-refractivity contribution in [2.75, 3.05) is 23.8 Å². The summed E-state index contributed by atoms with van der Waals surface area (Å²) in [6.45, 7) is 4.94. The number of likely N-dealkylation sites (N-methyl/N-ethyl adjacent to an activating group) is 1. The van der Waals surface area contributed by atoms with Crippen LogP contribution in [-0.4, -0.2) is 28.5 Å². The summed E-state index contributed by atoms with van der Waals surface area (Å²) in [6.07, 6.45) is 4.60. The van der Waals surface area contributed by atoms with Gasteiger partial charge in [0.2, 0.25) is 5.95 Å². The molecule has 25 heavy (non-hydrogen) atoms. The lowest BCUT2D eigenvalue weighted by atomic mass is 10.2. The third-order valence-electron chi connectivity index (χ3n) is 4.02. The van der Waals surface area contributed by atoms with Crippen LogP contribution in [0, 0.1) is 13.8 Å². The lowest BCUT2D eigenvalue weighted by molar-refractivity contribution is 0.853. The number of pyridine rings is 1. The maximum Gasteiger partial charge on any atom is 0.229 e. The van der Waals surface area contributed by atoms with E-state index >= 15 is 0 Å². The molecule has 2 heterocycles. The number of rotatable bonds is 6. The highest BCUT2D eigenvalue weighted by Crippen LogP contribution is 2.18. The van der Waals surface area contributed by atoms with Gasteiger partial charge in [-0.05, 0) is 50.1 Å². The molecule has 0 atom stereocenters. The molecule has 0 unspecified atom stereocenters. The van der Waals surface area contributed by atoms with Gasteiger partial charge in [0.25, 0.3) is 0 Å². The molecule has 0 aliphatic carbocycles. The minimum absolute atomic E-state index is 0.620. The third-order valence-corrected chi connectivity index (χ3v) is 4.02. The quantitative estimate of drug-likeness (QED) is 0.741. The number of hydrogen-bond acceptors (Lipinski definition) is 5. The topological polar surface area (TPSA) is 53.9 Å². The summed E-state index contributed by atoms with van der Waals surface area (Å²) >= 11 is 0. The average Bonchev–Trinajstić information content (AvgIpc) is 2.62. The lowest BCUT2D eigenvalue weighted by Gasteiger charge is -2.19. The summed E-state index contributed by atoms with van der Waals surface area (Å²) < 4.78 is 0. The zero-order valence-electron chi connectivity index (χ0n) is 14.9. The molecule has 3 aromatic rings. The first-order valence-electron chi connectivity index (χ1n) is 8.39. The predicted molar refractivity (Wildman–Crippen MR) is 102 cm³/mol. The average molecular weight is 333 g/mol. The summed E-state index contributed by atoms with van der Waals surface area (Å²) in [5.74, 6) is 1.53. The molecule has 0 bridgehead atoms. The Hall–Kier alpha value is -2.95. The van der Waals surface area contributed by atoms with Crippen molar-refractivity contribution in [1.29, 1.82) is 0 Å². The molecule has 2 aromatic heterocycles. The minimum atomic E-state index is 0.620. The fourth-order valence-corrected chi connectivity index (χ4v) is 2.53. The summed E-state index contributed by atoms with van der Waals surface area (Å²) in [4.78, 5) is 15.4. The highest BCUT2D eigenvalue weighted by Gasteiger charge is 2.07. The van der Waals surface area contributed by atoms with E-state index in [1.54, 1.807) is 0 Å². The van der Waals surface area contributed by atoms with Crippen molar-refractivity contribution < 1.29 is 0 Å². The van der Waals surface area contributed by atoms with Crippen molar-refractivity contribution in [1.82, 2.24) is 15.0 Å². The number of hydrogen-bond donors (Lipinski definition) is 1. The summed E-state index contributed by atoms with van der Waals surface area (Å²) in [7, 11) is 2.05. The monoisotopic (exact) mass is 333 g/mol. The Morgan fingerprint density at radius 2 is 1.68 bits per heavy atom. The number of aryl methyl sites for hydroxylation is 2. The molecule has 3 rings (SSSR count). The second-order valence-corrected chi connectivity index (χ2v) is 6.21. The van der Waals surface area contributed by atoms with Crippen LogP contribution in [0.1, 0.15) is 16.8 Å². The molecular formula is C20H23N5. The van der Waals surface area contributed by atoms with Gasteiger partial charge in [0.05, 0.1) is 0 Å². The highest BCUT2D eigenvalue weighted by atomic mass is 15.2. The van der Waals surface area contributed by atoms with Crippen LogP contribution in [0.2, 0.25) is 0 Å². The van der Waals surface area contributed by atoms with Gasteiger partial charge >= 0.3 is 0 Å². The zero-order valence-corrected chi connectivity index (χ0v) is 14.9. The number of nitrogens with zero attached hydrogens (tertiary/aromatic N) is 4. The molecule has 5 heteroatoms. The fraction of sp³-hybridized carbons (Fsp3) is 0.250. The molecule has 0 saturated heterocycles. The molecule has 0 fully saturated rings. The van der Waals surface area contributed by atoms with Gasteiger partial charge < -0.3 is 10.2 Å². The zero-order chi connectivity index (χ0) is 17.6. The fourth-order valence-electron chi connectivity index (χ4n) is 2.53. The van der Waals surface area contributed by atoms with Gasteiger partial charge in [0, 0.05) is 43.4 Å². The maximum atomic E-state index is 4.65. The van der Waals surface area contributed by atoms with Crippen molar-refractivity contribution in [2.45, 2.75) is 20.3 Å². The molecule has 128 valence electrons. The summed E-state index contributed by atoms with van der Waals surface area (Å²) in [6, 6.07) is 14.3. The van der Waals surface area contributed by atoms with E-state index in [2.05, 4.69) is 51.3 Å². The second kappa shape index (κ2) is 7.75. The van der Waals surface area contributed by atoms with Gasteiger partial charge in [0.1, 0.15) is 5.82 Å². The molecule has 0 aliphatic rings. The molecule has 0 saturated carbocycles. The SMILES string of the molecule is Cc1ccc(Nc2nc(C)cc(N(C)CCc3ccncc3)n2)cc1. The first-order valence-corrected chi connectivity index (χ1v) is 8.39. The first-order chi connectivity index (χ1) is 12.1. The van der Waals surface area contributed by atoms with Crippen LogP contribution < -0.4 is 10.2 Å². The van der Waals surface area contributed by atoms with Crippen molar-refractivity contribution in [2.24, 2.45) is 0 Å². The highest BCUT2D eigenvalue weighted by molar-refractivity contribution is 5.56. The Morgan fingerprint density at radius 3 is 2.40 bits per heavy atom. The van der Waals surface area contributed by atoms with Crippen molar-refractivity contribution in [3.05, 3.63) is 71.7 Å². The van der Waals surface area contributed by atoms with Crippen LogP contribution in [0.5, 0.6) is 0 Å². The van der Waals surface area contributed by atoms with Crippen molar-refractivity contribution >= 4 is 17.5 Å². The standard InChI is InChI=1S/C20H23N5/c1-15-4-6-18(7-5-15)23-20-22-16(2)14-19(24-20)25(3)13-10-17-8-11-21-12-9-17/h4-9,11-12,14H,10,13H2,1-3H3,(H,22,23,24).